The van der Waals surface area contributed by atoms with Crippen molar-refractivity contribution in [1.82, 2.24) is 30.9 Å². The van der Waals surface area contributed by atoms with Gasteiger partial charge in [-0.2, -0.15) is 5.21 Å². The third-order valence-corrected chi connectivity index (χ3v) is 3.39. The van der Waals surface area contributed by atoms with Gasteiger partial charge in [0.1, 0.15) is 5.69 Å². The van der Waals surface area contributed by atoms with Crippen LogP contribution in [0, 0.1) is 6.92 Å². The number of hydrogen-bond acceptors (Lipinski definition) is 4. The first-order valence-corrected chi connectivity index (χ1v) is 6.74. The van der Waals surface area contributed by atoms with E-state index in [0.717, 1.165) is 16.5 Å². The van der Waals surface area contributed by atoms with Gasteiger partial charge in [0.05, 0.1) is 0 Å². The lowest BCUT2D eigenvalue weighted by Gasteiger charge is -2.07. The Morgan fingerprint density at radius 1 is 1.38 bits per heavy atom. The Hall–Kier alpha value is -2.70. The van der Waals surface area contributed by atoms with Gasteiger partial charge in [0, 0.05) is 23.4 Å². The first kappa shape index (κ1) is 13.3. The van der Waals surface area contributed by atoms with Gasteiger partial charge in [-0.1, -0.05) is 24.3 Å². The molecule has 1 atom stereocenters. The normalized spacial score (nSPS) is 12.5. The van der Waals surface area contributed by atoms with Crippen molar-refractivity contribution in [3.8, 4) is 0 Å². The Labute approximate surface area is 121 Å². The summed E-state index contributed by atoms with van der Waals surface area (Å²) in [6.07, 6.45) is 0. The zero-order chi connectivity index (χ0) is 14.8. The monoisotopic (exact) mass is 284 g/mol. The van der Waals surface area contributed by atoms with Gasteiger partial charge in [0.2, 0.25) is 0 Å². The third kappa shape index (κ3) is 2.76. The number of carbonyl (C=O) groups is 1. The summed E-state index contributed by atoms with van der Waals surface area (Å²) < 4.78 is 0. The third-order valence-electron chi connectivity index (χ3n) is 3.39. The molecule has 0 aliphatic carbocycles. The Kier molecular flexibility index (Phi) is 3.39. The van der Waals surface area contributed by atoms with Gasteiger partial charge in [-0.05, 0) is 24.6 Å². The first-order valence-electron chi connectivity index (χ1n) is 6.74. The SMILES string of the molecule is Cc1ccc2cc(C(=O)NCC(C)c3nn[nH]n3)[nH]c2c1. The molecule has 1 unspecified atom stereocenters. The van der Waals surface area contributed by atoms with Crippen LogP contribution in [0.3, 0.4) is 0 Å². The number of carbonyl (C=O) groups excluding carboxylic acids is 1. The van der Waals surface area contributed by atoms with Crippen LogP contribution < -0.4 is 5.32 Å². The average Bonchev–Trinajstić information content (AvgIpc) is 3.12. The summed E-state index contributed by atoms with van der Waals surface area (Å²) in [5, 5.41) is 17.6. The van der Waals surface area contributed by atoms with Crippen LogP contribution in [-0.4, -0.2) is 38.1 Å². The number of amides is 1. The fraction of sp³-hybridized carbons (Fsp3) is 0.286. The molecule has 0 aliphatic rings. The molecule has 3 N–H and O–H groups in total. The average molecular weight is 284 g/mol. The Morgan fingerprint density at radius 2 is 2.24 bits per heavy atom. The fourth-order valence-corrected chi connectivity index (χ4v) is 2.17. The second-order valence-corrected chi connectivity index (χ2v) is 5.15. The van der Waals surface area contributed by atoms with Crippen LogP contribution in [0.25, 0.3) is 10.9 Å². The number of aromatic nitrogens is 5. The van der Waals surface area contributed by atoms with Crippen LogP contribution in [0.2, 0.25) is 0 Å². The lowest BCUT2D eigenvalue weighted by atomic mass is 10.1. The number of rotatable bonds is 4. The molecule has 3 aromatic rings. The first-order chi connectivity index (χ1) is 10.1. The lowest BCUT2D eigenvalue weighted by Crippen LogP contribution is -2.28. The molecule has 2 aromatic heterocycles. The molecule has 2 heterocycles. The Bertz CT molecular complexity index is 761. The largest absolute Gasteiger partial charge is 0.351 e. The molecule has 0 radical (unpaired) electrons. The lowest BCUT2D eigenvalue weighted by molar-refractivity contribution is 0.0947. The van der Waals surface area contributed by atoms with E-state index in [0.29, 0.717) is 18.1 Å². The molecule has 0 saturated heterocycles. The maximum atomic E-state index is 12.2. The highest BCUT2D eigenvalue weighted by Gasteiger charge is 2.14. The van der Waals surface area contributed by atoms with Gasteiger partial charge in [-0.25, -0.2) is 0 Å². The predicted molar refractivity (Wildman–Crippen MR) is 78.0 cm³/mol. The van der Waals surface area contributed by atoms with Crippen molar-refractivity contribution in [3.63, 3.8) is 0 Å². The van der Waals surface area contributed by atoms with Crippen LogP contribution in [-0.2, 0) is 0 Å². The second-order valence-electron chi connectivity index (χ2n) is 5.15. The van der Waals surface area contributed by atoms with Crippen LogP contribution in [0.15, 0.2) is 24.3 Å². The van der Waals surface area contributed by atoms with Crippen molar-refractivity contribution in [2.45, 2.75) is 19.8 Å². The van der Waals surface area contributed by atoms with Crippen molar-refractivity contribution < 1.29 is 4.79 Å². The molecule has 21 heavy (non-hydrogen) atoms. The molecule has 1 amide bonds. The summed E-state index contributed by atoms with van der Waals surface area (Å²) in [7, 11) is 0. The van der Waals surface area contributed by atoms with E-state index in [9.17, 15) is 4.79 Å². The second kappa shape index (κ2) is 5.35. The predicted octanol–water partition coefficient (Wildman–Crippen LogP) is 1.52. The van der Waals surface area contributed by atoms with Crippen LogP contribution >= 0.6 is 0 Å². The molecule has 7 heteroatoms. The highest BCUT2D eigenvalue weighted by atomic mass is 16.1. The van der Waals surface area contributed by atoms with E-state index >= 15 is 0 Å². The number of nitrogens with one attached hydrogen (secondary N) is 3. The highest BCUT2D eigenvalue weighted by molar-refractivity contribution is 5.98. The zero-order valence-electron chi connectivity index (χ0n) is 11.8. The summed E-state index contributed by atoms with van der Waals surface area (Å²) in [4.78, 5) is 15.3. The quantitative estimate of drug-likeness (QED) is 0.676. The van der Waals surface area contributed by atoms with E-state index in [1.165, 1.54) is 0 Å². The molecule has 108 valence electrons. The van der Waals surface area contributed by atoms with Gasteiger partial charge >= 0.3 is 0 Å². The topological polar surface area (TPSA) is 99.3 Å². The van der Waals surface area contributed by atoms with Crippen molar-refractivity contribution >= 4 is 16.8 Å². The number of aromatic amines is 2. The standard InChI is InChI=1S/C14H16N6O/c1-8-3-4-10-6-12(16-11(10)5-8)14(21)15-7-9(2)13-17-19-20-18-13/h3-6,9,16H,7H2,1-2H3,(H,15,21)(H,17,18,19,20). The van der Waals surface area contributed by atoms with Crippen molar-refractivity contribution in [2.75, 3.05) is 6.54 Å². The number of tetrazole rings is 1. The van der Waals surface area contributed by atoms with Crippen molar-refractivity contribution in [2.24, 2.45) is 0 Å². The number of fused-ring (bicyclic) bond motifs is 1. The van der Waals surface area contributed by atoms with E-state index in [4.69, 9.17) is 0 Å². The summed E-state index contributed by atoms with van der Waals surface area (Å²) in [6, 6.07) is 7.90. The number of H-pyrrole nitrogens is 2. The molecular formula is C14H16N6O. The van der Waals surface area contributed by atoms with Crippen molar-refractivity contribution in [1.29, 1.82) is 0 Å². The van der Waals surface area contributed by atoms with E-state index in [2.05, 4.69) is 30.9 Å². The molecule has 1 aromatic carbocycles. The molecule has 0 saturated carbocycles. The summed E-state index contributed by atoms with van der Waals surface area (Å²) >= 11 is 0. The summed E-state index contributed by atoms with van der Waals surface area (Å²) in [5.74, 6) is 0.445. The summed E-state index contributed by atoms with van der Waals surface area (Å²) in [5.41, 5.74) is 2.67. The number of hydrogen-bond donors (Lipinski definition) is 3. The van der Waals surface area contributed by atoms with Crippen LogP contribution in [0.1, 0.15) is 34.7 Å². The highest BCUT2D eigenvalue weighted by Crippen LogP contribution is 2.17. The maximum Gasteiger partial charge on any atom is 0.267 e. The van der Waals surface area contributed by atoms with E-state index < -0.39 is 0 Å². The summed E-state index contributed by atoms with van der Waals surface area (Å²) in [6.45, 7) is 4.40. The maximum absolute atomic E-state index is 12.2. The minimum atomic E-state index is -0.140. The minimum Gasteiger partial charge on any atom is -0.351 e. The van der Waals surface area contributed by atoms with Crippen LogP contribution in [0.5, 0.6) is 0 Å². The number of nitrogens with zero attached hydrogens (tertiary/aromatic N) is 3. The molecular weight excluding hydrogens is 268 g/mol. The van der Waals surface area contributed by atoms with E-state index in [-0.39, 0.29) is 11.8 Å². The number of benzene rings is 1. The molecule has 0 bridgehead atoms. The zero-order valence-corrected chi connectivity index (χ0v) is 11.8. The smallest absolute Gasteiger partial charge is 0.267 e. The van der Waals surface area contributed by atoms with Gasteiger partial charge in [-0.3, -0.25) is 4.79 Å². The molecule has 0 aliphatic heterocycles. The minimum absolute atomic E-state index is 0.000627. The molecule has 0 fully saturated rings. The molecule has 7 nitrogen and oxygen atoms in total. The van der Waals surface area contributed by atoms with E-state index in [1.54, 1.807) is 0 Å². The Morgan fingerprint density at radius 3 is 3.00 bits per heavy atom. The van der Waals surface area contributed by atoms with Gasteiger partial charge in [0.15, 0.2) is 5.82 Å². The van der Waals surface area contributed by atoms with Gasteiger partial charge in [-0.15, -0.1) is 10.2 Å². The molecule has 3 rings (SSSR count). The fourth-order valence-electron chi connectivity index (χ4n) is 2.17. The molecule has 0 spiro atoms. The van der Waals surface area contributed by atoms with Crippen LogP contribution in [0.4, 0.5) is 0 Å². The van der Waals surface area contributed by atoms with E-state index in [1.807, 2.05) is 38.1 Å². The van der Waals surface area contributed by atoms with Crippen molar-refractivity contribution in [3.05, 3.63) is 41.3 Å². The van der Waals surface area contributed by atoms with Gasteiger partial charge < -0.3 is 10.3 Å². The number of aryl methyl sites for hydroxylation is 1. The Balaban J connectivity index is 1.69. The van der Waals surface area contributed by atoms with Gasteiger partial charge in [0.25, 0.3) is 5.91 Å².